The van der Waals surface area contributed by atoms with Crippen LogP contribution in [0.25, 0.3) is 0 Å². The van der Waals surface area contributed by atoms with E-state index in [4.69, 9.17) is 17.0 Å². The fraction of sp³-hybridized carbons (Fsp3) is 0.625. The summed E-state index contributed by atoms with van der Waals surface area (Å²) in [5, 5.41) is 7.80. The molecule has 0 saturated carbocycles. The van der Waals surface area contributed by atoms with Crippen LogP contribution < -0.4 is 10.6 Å². The third-order valence-electron chi connectivity index (χ3n) is 3.85. The maximum Gasteiger partial charge on any atom is 0.341 e. The van der Waals surface area contributed by atoms with Crippen LogP contribution in [-0.4, -0.2) is 24.7 Å². The zero-order valence-corrected chi connectivity index (χ0v) is 14.9. The second-order valence-electron chi connectivity index (χ2n) is 5.49. The normalized spacial score (nSPS) is 12.8. The summed E-state index contributed by atoms with van der Waals surface area (Å²) in [6.07, 6.45) is 7.93. The summed E-state index contributed by atoms with van der Waals surface area (Å²) in [5.74, 6) is -0.271. The molecule has 2 N–H and O–H groups in total. The Labute approximate surface area is 141 Å². The van der Waals surface area contributed by atoms with E-state index in [9.17, 15) is 4.79 Å². The number of carbonyl (C=O) groups excluding carboxylic acids is 1. The van der Waals surface area contributed by atoms with Gasteiger partial charge >= 0.3 is 5.97 Å². The van der Waals surface area contributed by atoms with Crippen LogP contribution in [0.3, 0.4) is 0 Å². The Morgan fingerprint density at radius 3 is 2.86 bits per heavy atom. The van der Waals surface area contributed by atoms with Crippen molar-refractivity contribution in [2.24, 2.45) is 0 Å². The lowest BCUT2D eigenvalue weighted by Crippen LogP contribution is -2.29. The smallest absolute Gasteiger partial charge is 0.341 e. The molecule has 6 heteroatoms. The SMILES string of the molecule is CCCCCCNC(=S)Nc1sc2c(c1C(=O)OC)CCC2. The van der Waals surface area contributed by atoms with Gasteiger partial charge in [0.05, 0.1) is 12.7 Å². The Morgan fingerprint density at radius 2 is 2.14 bits per heavy atom. The Hall–Kier alpha value is -1.14. The van der Waals surface area contributed by atoms with Gasteiger partial charge in [-0.1, -0.05) is 26.2 Å². The summed E-state index contributed by atoms with van der Waals surface area (Å²) in [6.45, 7) is 3.06. The molecule has 0 spiro atoms. The zero-order chi connectivity index (χ0) is 15.9. The molecule has 0 unspecified atom stereocenters. The highest BCUT2D eigenvalue weighted by atomic mass is 32.1. The van der Waals surface area contributed by atoms with Gasteiger partial charge in [-0.05, 0) is 43.5 Å². The van der Waals surface area contributed by atoms with Crippen molar-refractivity contribution < 1.29 is 9.53 Å². The highest BCUT2D eigenvalue weighted by molar-refractivity contribution is 7.80. The van der Waals surface area contributed by atoms with Crippen LogP contribution in [0.15, 0.2) is 0 Å². The standard InChI is InChI=1S/C16H24N2O2S2/c1-3-4-5-6-10-17-16(21)18-14-13(15(19)20-2)11-8-7-9-12(11)22-14/h3-10H2,1-2H3,(H2,17,18,21). The zero-order valence-electron chi connectivity index (χ0n) is 13.3. The molecule has 1 aliphatic rings. The Balaban J connectivity index is 1.95. The minimum atomic E-state index is -0.271. The summed E-state index contributed by atoms with van der Waals surface area (Å²) < 4.78 is 4.93. The molecular weight excluding hydrogens is 316 g/mol. The molecular formula is C16H24N2O2S2. The van der Waals surface area contributed by atoms with E-state index in [1.165, 1.54) is 31.2 Å². The first-order valence-electron chi connectivity index (χ1n) is 7.95. The number of fused-ring (bicyclic) bond motifs is 1. The van der Waals surface area contributed by atoms with Gasteiger partial charge in [-0.25, -0.2) is 4.79 Å². The van der Waals surface area contributed by atoms with Crippen molar-refractivity contribution in [3.63, 3.8) is 0 Å². The van der Waals surface area contributed by atoms with E-state index in [0.29, 0.717) is 10.7 Å². The fourth-order valence-electron chi connectivity index (χ4n) is 2.71. The molecule has 1 aliphatic carbocycles. The van der Waals surface area contributed by atoms with Gasteiger partial charge in [-0.15, -0.1) is 11.3 Å². The van der Waals surface area contributed by atoms with Gasteiger partial charge in [-0.3, -0.25) is 0 Å². The number of esters is 1. The van der Waals surface area contributed by atoms with E-state index in [1.54, 1.807) is 11.3 Å². The quantitative estimate of drug-likeness (QED) is 0.448. The summed E-state index contributed by atoms with van der Waals surface area (Å²) >= 11 is 6.96. The molecule has 0 saturated heterocycles. The lowest BCUT2D eigenvalue weighted by molar-refractivity contribution is 0.0601. The Morgan fingerprint density at radius 1 is 1.32 bits per heavy atom. The molecule has 0 atom stereocenters. The number of hydrogen-bond donors (Lipinski definition) is 2. The Bertz CT molecular complexity index is 540. The van der Waals surface area contributed by atoms with E-state index in [2.05, 4.69) is 17.6 Å². The number of hydrogen-bond acceptors (Lipinski definition) is 4. The molecule has 0 amide bonds. The summed E-state index contributed by atoms with van der Waals surface area (Å²) in [5.41, 5.74) is 1.82. The number of anilines is 1. The summed E-state index contributed by atoms with van der Waals surface area (Å²) in [7, 11) is 1.43. The van der Waals surface area contributed by atoms with Crippen LogP contribution in [0.4, 0.5) is 5.00 Å². The van der Waals surface area contributed by atoms with E-state index < -0.39 is 0 Å². The highest BCUT2D eigenvalue weighted by Crippen LogP contribution is 2.39. The van der Waals surface area contributed by atoms with Gasteiger partial charge in [-0.2, -0.15) is 0 Å². The first kappa shape index (κ1) is 17.2. The van der Waals surface area contributed by atoms with Gasteiger partial charge in [0.25, 0.3) is 0 Å². The second-order valence-corrected chi connectivity index (χ2v) is 7.01. The lowest BCUT2D eigenvalue weighted by Gasteiger charge is -2.11. The van der Waals surface area contributed by atoms with Gasteiger partial charge < -0.3 is 15.4 Å². The molecule has 2 rings (SSSR count). The van der Waals surface area contributed by atoms with Crippen molar-refractivity contribution in [1.82, 2.24) is 5.32 Å². The molecule has 1 aromatic rings. The van der Waals surface area contributed by atoms with Crippen LogP contribution >= 0.6 is 23.6 Å². The molecule has 0 radical (unpaired) electrons. The van der Waals surface area contributed by atoms with Crippen molar-refractivity contribution in [2.45, 2.75) is 51.9 Å². The summed E-state index contributed by atoms with van der Waals surface area (Å²) in [6, 6.07) is 0. The van der Waals surface area contributed by atoms with Crippen molar-refractivity contribution in [3.8, 4) is 0 Å². The van der Waals surface area contributed by atoms with E-state index >= 15 is 0 Å². The predicted molar refractivity (Wildman–Crippen MR) is 96.0 cm³/mol. The number of unbranched alkanes of at least 4 members (excludes halogenated alkanes) is 3. The molecule has 22 heavy (non-hydrogen) atoms. The molecule has 0 aliphatic heterocycles. The average Bonchev–Trinajstić information content (AvgIpc) is 3.06. The number of rotatable bonds is 7. The van der Waals surface area contributed by atoms with Crippen LogP contribution in [0.2, 0.25) is 0 Å². The minimum Gasteiger partial charge on any atom is -0.465 e. The van der Waals surface area contributed by atoms with Crippen molar-refractivity contribution in [1.29, 1.82) is 0 Å². The highest BCUT2D eigenvalue weighted by Gasteiger charge is 2.27. The van der Waals surface area contributed by atoms with Gasteiger partial charge in [0.15, 0.2) is 5.11 Å². The third-order valence-corrected chi connectivity index (χ3v) is 5.31. The average molecular weight is 341 g/mol. The minimum absolute atomic E-state index is 0.271. The van der Waals surface area contributed by atoms with Gasteiger partial charge in [0.1, 0.15) is 5.00 Å². The topological polar surface area (TPSA) is 50.4 Å². The number of ether oxygens (including phenoxy) is 1. The van der Waals surface area contributed by atoms with Crippen LogP contribution in [0.5, 0.6) is 0 Å². The monoisotopic (exact) mass is 340 g/mol. The maximum atomic E-state index is 12.0. The fourth-order valence-corrected chi connectivity index (χ4v) is 4.26. The first-order chi connectivity index (χ1) is 10.7. The van der Waals surface area contributed by atoms with Crippen molar-refractivity contribution in [2.75, 3.05) is 19.0 Å². The number of methoxy groups -OCH3 is 1. The number of aryl methyl sites for hydroxylation is 1. The van der Waals surface area contributed by atoms with Crippen LogP contribution in [0, 0.1) is 0 Å². The molecule has 1 aromatic heterocycles. The van der Waals surface area contributed by atoms with Crippen molar-refractivity contribution >= 4 is 39.6 Å². The first-order valence-corrected chi connectivity index (χ1v) is 9.17. The number of nitrogens with one attached hydrogen (secondary N) is 2. The van der Waals surface area contributed by atoms with E-state index in [1.807, 2.05) is 0 Å². The molecule has 122 valence electrons. The number of thiocarbonyl (C=S) groups is 1. The third kappa shape index (κ3) is 4.20. The number of carbonyl (C=O) groups is 1. The van der Waals surface area contributed by atoms with E-state index in [0.717, 1.165) is 42.8 Å². The molecule has 0 bridgehead atoms. The molecule has 4 nitrogen and oxygen atoms in total. The molecule has 1 heterocycles. The lowest BCUT2D eigenvalue weighted by atomic mass is 10.1. The maximum absolute atomic E-state index is 12.0. The molecule has 0 fully saturated rings. The predicted octanol–water partition coefficient (Wildman–Crippen LogP) is 3.89. The van der Waals surface area contributed by atoms with Gasteiger partial charge in [0.2, 0.25) is 0 Å². The second kappa shape index (κ2) is 8.48. The van der Waals surface area contributed by atoms with Crippen LogP contribution in [0.1, 0.15) is 59.8 Å². The van der Waals surface area contributed by atoms with Crippen LogP contribution in [-0.2, 0) is 17.6 Å². The Kier molecular flexibility index (Phi) is 6.64. The summed E-state index contributed by atoms with van der Waals surface area (Å²) in [4.78, 5) is 13.3. The van der Waals surface area contributed by atoms with Gasteiger partial charge in [0, 0.05) is 11.4 Å². The number of thiophene rings is 1. The largest absolute Gasteiger partial charge is 0.465 e. The molecule has 0 aromatic carbocycles. The van der Waals surface area contributed by atoms with Crippen molar-refractivity contribution in [3.05, 3.63) is 16.0 Å². The van der Waals surface area contributed by atoms with E-state index in [-0.39, 0.29) is 5.97 Å².